The molecule has 0 atom stereocenters. The SMILES string of the molecule is NCc1cc(Cl)nc(-c2ccccc2O)c1. The molecular formula is C12H11ClN2O. The molecule has 0 amide bonds. The second-order valence-electron chi connectivity index (χ2n) is 3.40. The Labute approximate surface area is 98.5 Å². The van der Waals surface area contributed by atoms with Crippen LogP contribution in [0.1, 0.15) is 5.56 Å². The molecule has 4 heteroatoms. The fourth-order valence-electron chi connectivity index (χ4n) is 1.50. The number of benzene rings is 1. The first kappa shape index (κ1) is 10.9. The number of phenolic OH excluding ortho intramolecular Hbond substituents is 1. The molecule has 16 heavy (non-hydrogen) atoms. The van der Waals surface area contributed by atoms with Crippen LogP contribution >= 0.6 is 11.6 Å². The molecule has 0 radical (unpaired) electrons. The standard InChI is InChI=1S/C12H11ClN2O/c13-12-6-8(7-14)5-10(15-12)9-3-1-2-4-11(9)16/h1-6,16H,7,14H2. The van der Waals surface area contributed by atoms with Crippen molar-refractivity contribution in [2.45, 2.75) is 6.54 Å². The van der Waals surface area contributed by atoms with E-state index in [1.807, 2.05) is 12.1 Å². The molecule has 0 aliphatic rings. The van der Waals surface area contributed by atoms with Gasteiger partial charge in [0.1, 0.15) is 10.9 Å². The lowest BCUT2D eigenvalue weighted by Crippen LogP contribution is -1.98. The van der Waals surface area contributed by atoms with Crippen LogP contribution in [0.4, 0.5) is 0 Å². The molecular weight excluding hydrogens is 224 g/mol. The van der Waals surface area contributed by atoms with Crippen molar-refractivity contribution in [2.24, 2.45) is 5.73 Å². The molecule has 2 rings (SSSR count). The van der Waals surface area contributed by atoms with E-state index >= 15 is 0 Å². The van der Waals surface area contributed by atoms with E-state index in [-0.39, 0.29) is 5.75 Å². The third-order valence-corrected chi connectivity index (χ3v) is 2.46. The van der Waals surface area contributed by atoms with Crippen molar-refractivity contribution in [3.8, 4) is 17.0 Å². The Balaban J connectivity index is 2.56. The predicted octanol–water partition coefficient (Wildman–Crippen LogP) is 2.57. The molecule has 1 aromatic heterocycles. The van der Waals surface area contributed by atoms with Gasteiger partial charge in [-0.05, 0) is 29.8 Å². The van der Waals surface area contributed by atoms with Crippen molar-refractivity contribution in [1.29, 1.82) is 0 Å². The predicted molar refractivity (Wildman–Crippen MR) is 64.2 cm³/mol. The lowest BCUT2D eigenvalue weighted by molar-refractivity contribution is 0.477. The first-order valence-electron chi connectivity index (χ1n) is 4.85. The van der Waals surface area contributed by atoms with Crippen LogP contribution in [-0.4, -0.2) is 10.1 Å². The summed E-state index contributed by atoms with van der Waals surface area (Å²) in [6.45, 7) is 0.392. The maximum Gasteiger partial charge on any atom is 0.130 e. The monoisotopic (exact) mass is 234 g/mol. The highest BCUT2D eigenvalue weighted by molar-refractivity contribution is 6.29. The minimum Gasteiger partial charge on any atom is -0.507 e. The number of phenols is 1. The van der Waals surface area contributed by atoms with Gasteiger partial charge in [-0.2, -0.15) is 0 Å². The van der Waals surface area contributed by atoms with Crippen molar-refractivity contribution in [3.05, 3.63) is 47.1 Å². The highest BCUT2D eigenvalue weighted by Gasteiger charge is 2.06. The molecule has 0 saturated heterocycles. The first-order valence-corrected chi connectivity index (χ1v) is 5.23. The zero-order chi connectivity index (χ0) is 11.5. The van der Waals surface area contributed by atoms with E-state index in [0.717, 1.165) is 5.56 Å². The summed E-state index contributed by atoms with van der Waals surface area (Å²) in [6, 6.07) is 10.5. The number of pyridine rings is 1. The van der Waals surface area contributed by atoms with Crippen molar-refractivity contribution in [3.63, 3.8) is 0 Å². The normalized spacial score (nSPS) is 10.4. The molecule has 0 spiro atoms. The van der Waals surface area contributed by atoms with E-state index in [1.165, 1.54) is 0 Å². The zero-order valence-corrected chi connectivity index (χ0v) is 9.28. The maximum atomic E-state index is 9.70. The second kappa shape index (κ2) is 4.51. The third kappa shape index (κ3) is 2.15. The Kier molecular flexibility index (Phi) is 3.08. The molecule has 0 aliphatic heterocycles. The molecule has 0 unspecified atom stereocenters. The Bertz CT molecular complexity index is 514. The molecule has 82 valence electrons. The maximum absolute atomic E-state index is 9.70. The van der Waals surface area contributed by atoms with Crippen LogP contribution in [0.2, 0.25) is 5.15 Å². The smallest absolute Gasteiger partial charge is 0.130 e. The van der Waals surface area contributed by atoms with Gasteiger partial charge in [0.15, 0.2) is 0 Å². The number of halogens is 1. The largest absolute Gasteiger partial charge is 0.507 e. The van der Waals surface area contributed by atoms with E-state index in [1.54, 1.807) is 24.3 Å². The van der Waals surface area contributed by atoms with Crippen LogP contribution in [0.25, 0.3) is 11.3 Å². The quantitative estimate of drug-likeness (QED) is 0.786. The minimum absolute atomic E-state index is 0.181. The molecule has 0 fully saturated rings. The average molecular weight is 235 g/mol. The summed E-state index contributed by atoms with van der Waals surface area (Å²) < 4.78 is 0. The van der Waals surface area contributed by atoms with Crippen molar-refractivity contribution in [2.75, 3.05) is 0 Å². The van der Waals surface area contributed by atoms with Gasteiger partial charge in [0.25, 0.3) is 0 Å². The van der Waals surface area contributed by atoms with Crippen LogP contribution in [0.3, 0.4) is 0 Å². The number of nitrogens with zero attached hydrogens (tertiary/aromatic N) is 1. The van der Waals surface area contributed by atoms with Gasteiger partial charge in [-0.3, -0.25) is 0 Å². The van der Waals surface area contributed by atoms with Crippen LogP contribution in [0.5, 0.6) is 5.75 Å². The summed E-state index contributed by atoms with van der Waals surface area (Å²) in [5.41, 5.74) is 7.73. The lowest BCUT2D eigenvalue weighted by atomic mass is 10.1. The number of nitrogens with two attached hydrogens (primary N) is 1. The molecule has 0 bridgehead atoms. The summed E-state index contributed by atoms with van der Waals surface area (Å²) in [6.07, 6.45) is 0. The summed E-state index contributed by atoms with van der Waals surface area (Å²) in [4.78, 5) is 4.16. The highest BCUT2D eigenvalue weighted by Crippen LogP contribution is 2.28. The minimum atomic E-state index is 0.181. The number of aromatic nitrogens is 1. The fraction of sp³-hybridized carbons (Fsp3) is 0.0833. The van der Waals surface area contributed by atoms with E-state index in [2.05, 4.69) is 4.98 Å². The third-order valence-electron chi connectivity index (χ3n) is 2.27. The summed E-state index contributed by atoms with van der Waals surface area (Å²) in [5.74, 6) is 0.181. The Hall–Kier alpha value is -1.58. The molecule has 1 aromatic carbocycles. The molecule has 3 N–H and O–H groups in total. The molecule has 2 aromatic rings. The first-order chi connectivity index (χ1) is 7.70. The summed E-state index contributed by atoms with van der Waals surface area (Å²) >= 11 is 5.88. The lowest BCUT2D eigenvalue weighted by Gasteiger charge is -2.06. The van der Waals surface area contributed by atoms with Crippen molar-refractivity contribution < 1.29 is 5.11 Å². The molecule has 3 nitrogen and oxygen atoms in total. The molecule has 0 aliphatic carbocycles. The van der Waals surface area contributed by atoms with Crippen LogP contribution in [0, 0.1) is 0 Å². The van der Waals surface area contributed by atoms with Gasteiger partial charge in [0.05, 0.1) is 5.69 Å². The summed E-state index contributed by atoms with van der Waals surface area (Å²) in [7, 11) is 0. The Morgan fingerprint density at radius 2 is 2.00 bits per heavy atom. The average Bonchev–Trinajstić information content (AvgIpc) is 2.28. The fourth-order valence-corrected chi connectivity index (χ4v) is 1.73. The number of hydrogen-bond acceptors (Lipinski definition) is 3. The van der Waals surface area contributed by atoms with Gasteiger partial charge in [-0.1, -0.05) is 23.7 Å². The Morgan fingerprint density at radius 1 is 1.25 bits per heavy atom. The van der Waals surface area contributed by atoms with Gasteiger partial charge in [-0.25, -0.2) is 4.98 Å². The molecule has 1 heterocycles. The number of hydrogen-bond donors (Lipinski definition) is 2. The van der Waals surface area contributed by atoms with Crippen LogP contribution in [0.15, 0.2) is 36.4 Å². The summed E-state index contributed by atoms with van der Waals surface area (Å²) in [5, 5.41) is 10.1. The van der Waals surface area contributed by atoms with Gasteiger partial charge in [0, 0.05) is 12.1 Å². The van der Waals surface area contributed by atoms with E-state index in [9.17, 15) is 5.11 Å². The van der Waals surface area contributed by atoms with Gasteiger partial charge >= 0.3 is 0 Å². The Morgan fingerprint density at radius 3 is 2.69 bits per heavy atom. The van der Waals surface area contributed by atoms with Crippen molar-refractivity contribution in [1.82, 2.24) is 4.98 Å². The van der Waals surface area contributed by atoms with Crippen LogP contribution in [-0.2, 0) is 6.54 Å². The van der Waals surface area contributed by atoms with Gasteiger partial charge < -0.3 is 10.8 Å². The van der Waals surface area contributed by atoms with E-state index in [4.69, 9.17) is 17.3 Å². The van der Waals surface area contributed by atoms with Crippen molar-refractivity contribution >= 4 is 11.6 Å². The zero-order valence-electron chi connectivity index (χ0n) is 8.52. The van der Waals surface area contributed by atoms with Gasteiger partial charge in [-0.15, -0.1) is 0 Å². The van der Waals surface area contributed by atoms with Crippen LogP contribution < -0.4 is 5.73 Å². The second-order valence-corrected chi connectivity index (χ2v) is 3.79. The van der Waals surface area contributed by atoms with E-state index < -0.39 is 0 Å². The molecule has 0 saturated carbocycles. The number of aromatic hydroxyl groups is 1. The number of rotatable bonds is 2. The topological polar surface area (TPSA) is 59.1 Å². The number of para-hydroxylation sites is 1. The van der Waals surface area contributed by atoms with E-state index in [0.29, 0.717) is 23.0 Å². The van der Waals surface area contributed by atoms with Gasteiger partial charge in [0.2, 0.25) is 0 Å². The highest BCUT2D eigenvalue weighted by atomic mass is 35.5.